The van der Waals surface area contributed by atoms with Gasteiger partial charge in [-0.3, -0.25) is 0 Å². The Morgan fingerprint density at radius 2 is 0.747 bits per heavy atom. The lowest BCUT2D eigenvalue weighted by atomic mass is 9.67. The van der Waals surface area contributed by atoms with Crippen LogP contribution in [-0.4, -0.2) is 4.57 Å². The maximum Gasteiger partial charge on any atom is 0.0734 e. The summed E-state index contributed by atoms with van der Waals surface area (Å²) in [5.41, 5.74) is 24.4. The lowest BCUT2D eigenvalue weighted by Gasteiger charge is -2.35. The van der Waals surface area contributed by atoms with Crippen molar-refractivity contribution in [2.24, 2.45) is 0 Å². The first-order chi connectivity index (χ1) is 39.0. The van der Waals surface area contributed by atoms with Crippen molar-refractivity contribution in [3.63, 3.8) is 0 Å². The standard InChI is InChI=1S/C37H24BrN.C25H17I.C13H9Br/c38-27-22-23-30-29-17-8-10-20-33(29)39(35(30)24-27)34-21-11-18-31-28-16-7-9-19-32(28)37(36(31)34,25-12-3-1-4-13-25)26-14-5-2-6-15-26;26-23-17-9-15-21-20-14-7-8-16-22(20)25(24(21)23,18-10-3-1-4-11-18)19-12-5-2-6-13-19;14-11-5-6-13-10(8-11)7-9-3-1-2-4-12(9)13/h1-24H;1-17H;1-6,8H,7H2. The molecule has 0 bridgehead atoms. The van der Waals surface area contributed by atoms with E-state index in [4.69, 9.17) is 0 Å². The topological polar surface area (TPSA) is 4.93 Å². The molecule has 0 saturated heterocycles. The van der Waals surface area contributed by atoms with Crippen molar-refractivity contribution in [1.29, 1.82) is 0 Å². The summed E-state index contributed by atoms with van der Waals surface area (Å²) >= 11 is 9.78. The molecule has 0 amide bonds. The van der Waals surface area contributed by atoms with Crippen LogP contribution < -0.4 is 0 Å². The first-order valence-corrected chi connectivity index (χ1v) is 29.5. The Kier molecular flexibility index (Phi) is 12.8. The van der Waals surface area contributed by atoms with Gasteiger partial charge in [0.1, 0.15) is 0 Å². The highest BCUT2D eigenvalue weighted by atomic mass is 127. The molecular formula is C75H50Br2IN. The summed E-state index contributed by atoms with van der Waals surface area (Å²) in [5, 5.41) is 2.52. The molecule has 0 unspecified atom stereocenters. The number of hydrogen-bond donors (Lipinski definition) is 0. The van der Waals surface area contributed by atoms with Crippen molar-refractivity contribution in [3.8, 4) is 39.1 Å². The van der Waals surface area contributed by atoms with Gasteiger partial charge in [-0.2, -0.15) is 0 Å². The van der Waals surface area contributed by atoms with E-state index in [0.717, 1.165) is 10.9 Å². The van der Waals surface area contributed by atoms with Gasteiger partial charge in [-0.15, -0.1) is 0 Å². The molecule has 4 heteroatoms. The van der Waals surface area contributed by atoms with Gasteiger partial charge in [0.25, 0.3) is 0 Å². The minimum Gasteiger partial charge on any atom is -0.309 e. The molecule has 3 aliphatic carbocycles. The molecule has 376 valence electrons. The molecule has 0 spiro atoms. The van der Waals surface area contributed by atoms with Gasteiger partial charge in [0.2, 0.25) is 0 Å². The highest BCUT2D eigenvalue weighted by Crippen LogP contribution is 2.59. The summed E-state index contributed by atoms with van der Waals surface area (Å²) in [4.78, 5) is 0. The van der Waals surface area contributed by atoms with E-state index in [2.05, 4.69) is 350 Å². The molecule has 79 heavy (non-hydrogen) atoms. The lowest BCUT2D eigenvalue weighted by Crippen LogP contribution is -2.29. The summed E-state index contributed by atoms with van der Waals surface area (Å²) < 4.78 is 6.03. The van der Waals surface area contributed by atoms with Crippen LogP contribution in [0, 0.1) is 3.57 Å². The van der Waals surface area contributed by atoms with Crippen LogP contribution in [0.3, 0.4) is 0 Å². The molecule has 13 aromatic rings. The zero-order chi connectivity index (χ0) is 53.1. The average molecular weight is 1250 g/mol. The van der Waals surface area contributed by atoms with Crippen LogP contribution in [0.25, 0.3) is 60.9 Å². The number of halogens is 3. The second-order valence-electron chi connectivity index (χ2n) is 20.6. The van der Waals surface area contributed by atoms with Crippen LogP contribution in [-0.2, 0) is 17.3 Å². The van der Waals surface area contributed by atoms with E-state index in [9.17, 15) is 0 Å². The maximum absolute atomic E-state index is 3.76. The molecule has 0 N–H and O–H groups in total. The summed E-state index contributed by atoms with van der Waals surface area (Å²) in [6, 6.07) is 106. The molecule has 1 aromatic heterocycles. The molecule has 12 aromatic carbocycles. The third kappa shape index (κ3) is 7.97. The molecular weight excluding hydrogens is 1200 g/mol. The van der Waals surface area contributed by atoms with Gasteiger partial charge in [-0.25, -0.2) is 0 Å². The summed E-state index contributed by atoms with van der Waals surface area (Å²) in [7, 11) is 0. The number of aromatic nitrogens is 1. The van der Waals surface area contributed by atoms with Gasteiger partial charge in [0.15, 0.2) is 0 Å². The normalized spacial score (nSPS) is 13.4. The van der Waals surface area contributed by atoms with Gasteiger partial charge in [-0.05, 0) is 155 Å². The van der Waals surface area contributed by atoms with Crippen LogP contribution in [0.4, 0.5) is 0 Å². The van der Waals surface area contributed by atoms with Crippen LogP contribution in [0.5, 0.6) is 0 Å². The quantitative estimate of drug-likeness (QED) is 0.151. The van der Waals surface area contributed by atoms with E-state index in [-0.39, 0.29) is 5.41 Å². The Hall–Kier alpha value is -7.87. The lowest BCUT2D eigenvalue weighted by molar-refractivity contribution is 0.762. The Morgan fingerprint density at radius 3 is 1.35 bits per heavy atom. The third-order valence-electron chi connectivity index (χ3n) is 16.5. The fourth-order valence-corrected chi connectivity index (χ4v) is 15.1. The first-order valence-electron chi connectivity index (χ1n) is 26.9. The van der Waals surface area contributed by atoms with Crippen LogP contribution >= 0.6 is 54.5 Å². The minimum absolute atomic E-state index is 0.272. The number of hydrogen-bond acceptors (Lipinski definition) is 0. The van der Waals surface area contributed by atoms with Gasteiger partial charge >= 0.3 is 0 Å². The number of para-hydroxylation sites is 1. The smallest absolute Gasteiger partial charge is 0.0734 e. The second kappa shape index (κ2) is 20.4. The van der Waals surface area contributed by atoms with Crippen molar-refractivity contribution in [2.45, 2.75) is 17.3 Å². The molecule has 1 heterocycles. The van der Waals surface area contributed by atoms with E-state index in [1.807, 2.05) is 0 Å². The van der Waals surface area contributed by atoms with Crippen LogP contribution in [0.1, 0.15) is 55.6 Å². The van der Waals surface area contributed by atoms with Crippen molar-refractivity contribution >= 4 is 76.3 Å². The first kappa shape index (κ1) is 49.4. The molecule has 1 nitrogen and oxygen atoms in total. The molecule has 0 saturated carbocycles. The summed E-state index contributed by atoms with van der Waals surface area (Å²) in [5.74, 6) is 0. The van der Waals surface area contributed by atoms with Gasteiger partial charge < -0.3 is 4.57 Å². The Labute approximate surface area is 492 Å². The second-order valence-corrected chi connectivity index (χ2v) is 23.6. The minimum atomic E-state index is -0.464. The maximum atomic E-state index is 3.76. The van der Waals surface area contributed by atoms with Gasteiger partial charge in [0.05, 0.1) is 27.6 Å². The molecule has 0 radical (unpaired) electrons. The molecule has 16 rings (SSSR count). The average Bonchev–Trinajstić information content (AvgIpc) is 2.96. The molecule has 3 aliphatic rings. The number of nitrogens with zero attached hydrogens (tertiary/aromatic N) is 1. The van der Waals surface area contributed by atoms with E-state index in [1.54, 1.807) is 0 Å². The third-order valence-corrected chi connectivity index (χ3v) is 18.4. The van der Waals surface area contributed by atoms with E-state index in [0.29, 0.717) is 0 Å². The van der Waals surface area contributed by atoms with Crippen molar-refractivity contribution in [3.05, 3.63) is 359 Å². The fraction of sp³-hybridized carbons (Fsp3) is 0.0400. The predicted molar refractivity (Wildman–Crippen MR) is 345 cm³/mol. The van der Waals surface area contributed by atoms with Crippen molar-refractivity contribution < 1.29 is 0 Å². The van der Waals surface area contributed by atoms with Crippen molar-refractivity contribution in [2.75, 3.05) is 0 Å². The molecule has 0 aliphatic heterocycles. The van der Waals surface area contributed by atoms with E-state index < -0.39 is 5.41 Å². The van der Waals surface area contributed by atoms with Crippen LogP contribution in [0.15, 0.2) is 300 Å². The Bertz CT molecular complexity index is 4350. The Balaban J connectivity index is 0.000000120. The summed E-state index contributed by atoms with van der Waals surface area (Å²) in [6.45, 7) is 0. The monoisotopic (exact) mass is 1250 g/mol. The molecule has 0 fully saturated rings. The highest BCUT2D eigenvalue weighted by Gasteiger charge is 2.49. The SMILES string of the molecule is Brc1ccc2c(c1)Cc1ccccc1-2.Brc1ccc2c3ccccc3n(-c3cccc4c3C(c3ccccc3)(c3ccccc3)c3ccccc3-4)c2c1.Ic1cccc2c1C(c1ccccc1)(c1ccccc1)c1ccccc1-2. The predicted octanol–water partition coefficient (Wildman–Crippen LogP) is 20.6. The zero-order valence-corrected chi connectivity index (χ0v) is 48.3. The van der Waals surface area contributed by atoms with E-state index >= 15 is 0 Å². The fourth-order valence-electron chi connectivity index (χ4n) is 13.4. The number of rotatable bonds is 5. The van der Waals surface area contributed by atoms with E-state index in [1.165, 1.54) is 125 Å². The molecule has 0 atom stereocenters. The summed E-state index contributed by atoms with van der Waals surface area (Å²) in [6.07, 6.45) is 1.07. The van der Waals surface area contributed by atoms with Crippen LogP contribution in [0.2, 0.25) is 0 Å². The number of fused-ring (bicyclic) bond motifs is 12. The highest BCUT2D eigenvalue weighted by molar-refractivity contribution is 14.1. The number of benzene rings is 12. The Morgan fingerprint density at radius 1 is 0.316 bits per heavy atom. The largest absolute Gasteiger partial charge is 0.309 e. The van der Waals surface area contributed by atoms with Crippen molar-refractivity contribution in [1.82, 2.24) is 4.57 Å². The zero-order valence-electron chi connectivity index (χ0n) is 43.0. The van der Waals surface area contributed by atoms with Gasteiger partial charge in [0, 0.05) is 28.9 Å². The van der Waals surface area contributed by atoms with Gasteiger partial charge in [-0.1, -0.05) is 281 Å².